The molecule has 116 valence electrons. The van der Waals surface area contributed by atoms with Crippen LogP contribution >= 0.6 is 23.2 Å². The van der Waals surface area contributed by atoms with Gasteiger partial charge in [0.2, 0.25) is 11.9 Å². The van der Waals surface area contributed by atoms with Gasteiger partial charge < -0.3 is 9.80 Å². The van der Waals surface area contributed by atoms with Gasteiger partial charge in [0, 0.05) is 31.6 Å². The highest BCUT2D eigenvalue weighted by Crippen LogP contribution is 2.32. The predicted molar refractivity (Wildman–Crippen MR) is 82.9 cm³/mol. The summed E-state index contributed by atoms with van der Waals surface area (Å²) in [4.78, 5) is 24.4. The lowest BCUT2D eigenvalue weighted by molar-refractivity contribution is -0.134. The summed E-state index contributed by atoms with van der Waals surface area (Å²) < 4.78 is 0. The molecule has 2 aliphatic rings. The molecular weight excluding hydrogens is 325 g/mol. The molecule has 1 aliphatic heterocycles. The molecule has 1 atom stereocenters. The van der Waals surface area contributed by atoms with Crippen molar-refractivity contribution in [3.05, 3.63) is 15.9 Å². The Morgan fingerprint density at radius 3 is 2.41 bits per heavy atom. The lowest BCUT2D eigenvalue weighted by Gasteiger charge is -2.40. The van der Waals surface area contributed by atoms with Crippen LogP contribution in [0.25, 0.3) is 0 Å². The van der Waals surface area contributed by atoms with E-state index in [4.69, 9.17) is 28.5 Å². The molecule has 3 rings (SSSR count). The zero-order valence-corrected chi connectivity index (χ0v) is 13.6. The van der Waals surface area contributed by atoms with E-state index in [-0.39, 0.29) is 33.7 Å². The van der Waals surface area contributed by atoms with E-state index in [1.807, 2.05) is 22.8 Å². The van der Waals surface area contributed by atoms with Crippen molar-refractivity contribution in [1.82, 2.24) is 14.9 Å². The number of halogens is 2. The van der Waals surface area contributed by atoms with E-state index >= 15 is 0 Å². The van der Waals surface area contributed by atoms with Gasteiger partial charge in [-0.05, 0) is 19.8 Å². The molecule has 0 bridgehead atoms. The number of carbonyl (C=O) groups is 1. The molecule has 8 heteroatoms. The Morgan fingerprint density at radius 2 is 1.91 bits per heavy atom. The largest absolute Gasteiger partial charge is 0.337 e. The van der Waals surface area contributed by atoms with Crippen LogP contribution in [-0.2, 0) is 4.79 Å². The summed E-state index contributed by atoms with van der Waals surface area (Å²) in [7, 11) is 0. The zero-order chi connectivity index (χ0) is 15.9. The van der Waals surface area contributed by atoms with Gasteiger partial charge in [-0.2, -0.15) is 15.2 Å². The second-order valence-corrected chi connectivity index (χ2v) is 6.41. The highest BCUT2D eigenvalue weighted by Gasteiger charge is 2.37. The molecule has 1 amide bonds. The van der Waals surface area contributed by atoms with Crippen molar-refractivity contribution in [2.75, 3.05) is 24.5 Å². The van der Waals surface area contributed by atoms with Gasteiger partial charge in [0.05, 0.1) is 0 Å². The van der Waals surface area contributed by atoms with Crippen molar-refractivity contribution in [3.63, 3.8) is 0 Å². The molecule has 0 unspecified atom stereocenters. The van der Waals surface area contributed by atoms with E-state index in [0.29, 0.717) is 25.6 Å². The molecule has 1 saturated heterocycles. The summed E-state index contributed by atoms with van der Waals surface area (Å²) in [5.41, 5.74) is 0.0858. The molecule has 6 nitrogen and oxygen atoms in total. The van der Waals surface area contributed by atoms with Crippen molar-refractivity contribution >= 4 is 35.1 Å². The van der Waals surface area contributed by atoms with Gasteiger partial charge in [0.25, 0.3) is 0 Å². The maximum absolute atomic E-state index is 12.2. The van der Waals surface area contributed by atoms with E-state index in [9.17, 15) is 4.79 Å². The number of anilines is 1. The van der Waals surface area contributed by atoms with E-state index in [1.165, 1.54) is 0 Å². The fraction of sp³-hybridized carbons (Fsp3) is 0.571. The summed E-state index contributed by atoms with van der Waals surface area (Å²) in [6.45, 7) is 3.90. The molecule has 1 aliphatic carbocycles. The van der Waals surface area contributed by atoms with Crippen LogP contribution < -0.4 is 4.90 Å². The number of piperazine rings is 1. The average Bonchev–Trinajstić information content (AvgIpc) is 3.30. The molecule has 0 radical (unpaired) electrons. The molecule has 2 heterocycles. The fourth-order valence-electron chi connectivity index (χ4n) is 2.66. The third kappa shape index (κ3) is 2.83. The fourth-order valence-corrected chi connectivity index (χ4v) is 3.13. The van der Waals surface area contributed by atoms with Gasteiger partial charge in [0.1, 0.15) is 11.6 Å². The van der Waals surface area contributed by atoms with Gasteiger partial charge in [-0.15, -0.1) is 0 Å². The van der Waals surface area contributed by atoms with E-state index in [0.717, 1.165) is 12.8 Å². The lowest BCUT2D eigenvalue weighted by Crippen LogP contribution is -2.55. The monoisotopic (exact) mass is 339 g/mol. The molecule has 0 N–H and O–H groups in total. The molecule has 1 aromatic heterocycles. The Balaban J connectivity index is 1.75. The topological polar surface area (TPSA) is 73.1 Å². The quantitative estimate of drug-likeness (QED) is 0.771. The summed E-state index contributed by atoms with van der Waals surface area (Å²) in [6, 6.07) is 1.97. The summed E-state index contributed by atoms with van der Waals surface area (Å²) in [5.74, 6) is 0.882. The average molecular weight is 340 g/mol. The minimum absolute atomic E-state index is 0.0571. The van der Waals surface area contributed by atoms with Crippen LogP contribution in [0.4, 0.5) is 5.95 Å². The first-order valence-electron chi connectivity index (χ1n) is 7.19. The van der Waals surface area contributed by atoms with E-state index < -0.39 is 0 Å². The van der Waals surface area contributed by atoms with Crippen molar-refractivity contribution in [1.29, 1.82) is 5.26 Å². The molecule has 22 heavy (non-hydrogen) atoms. The summed E-state index contributed by atoms with van der Waals surface area (Å²) in [6.07, 6.45) is 2.02. The second-order valence-electron chi connectivity index (χ2n) is 5.69. The van der Waals surface area contributed by atoms with Gasteiger partial charge in [-0.25, -0.2) is 0 Å². The lowest BCUT2D eigenvalue weighted by atomic mass is 10.1. The van der Waals surface area contributed by atoms with Crippen LogP contribution in [0.5, 0.6) is 0 Å². The van der Waals surface area contributed by atoms with Crippen molar-refractivity contribution in [2.45, 2.75) is 25.8 Å². The Labute approximate surface area is 138 Å². The standard InChI is InChI=1S/C14H15Cl2N5O/c1-8-7-20(4-5-21(8)13(22)9-2-3-9)14-18-11(15)10(6-17)12(16)19-14/h8-9H,2-5,7H2,1H3/t8-/m1/s1. The van der Waals surface area contributed by atoms with E-state index in [1.54, 1.807) is 0 Å². The number of amides is 1. The second kappa shape index (κ2) is 5.90. The van der Waals surface area contributed by atoms with Gasteiger partial charge >= 0.3 is 0 Å². The van der Waals surface area contributed by atoms with Crippen LogP contribution in [-0.4, -0.2) is 46.5 Å². The van der Waals surface area contributed by atoms with Crippen LogP contribution in [0.2, 0.25) is 10.3 Å². The van der Waals surface area contributed by atoms with Gasteiger partial charge in [0.15, 0.2) is 10.3 Å². The molecule has 0 spiro atoms. The SMILES string of the molecule is C[C@@H]1CN(c2nc(Cl)c(C#N)c(Cl)n2)CCN1C(=O)C1CC1. The van der Waals surface area contributed by atoms with Crippen LogP contribution in [0, 0.1) is 17.2 Å². The Kier molecular flexibility index (Phi) is 4.11. The van der Waals surface area contributed by atoms with Crippen LogP contribution in [0.15, 0.2) is 0 Å². The van der Waals surface area contributed by atoms with Gasteiger partial charge in [-0.1, -0.05) is 23.2 Å². The maximum atomic E-state index is 12.2. The normalized spacial score (nSPS) is 21.6. The molecule has 1 saturated carbocycles. The predicted octanol–water partition coefficient (Wildman–Crippen LogP) is 2.10. The third-order valence-electron chi connectivity index (χ3n) is 4.04. The molecule has 0 aromatic carbocycles. The third-order valence-corrected chi connectivity index (χ3v) is 4.59. The molecule has 2 fully saturated rings. The van der Waals surface area contributed by atoms with Crippen molar-refractivity contribution < 1.29 is 4.79 Å². The van der Waals surface area contributed by atoms with Crippen LogP contribution in [0.3, 0.4) is 0 Å². The van der Waals surface area contributed by atoms with Gasteiger partial charge in [-0.3, -0.25) is 4.79 Å². The first-order chi connectivity index (χ1) is 10.5. The van der Waals surface area contributed by atoms with E-state index in [2.05, 4.69) is 9.97 Å². The molecular formula is C14H15Cl2N5O. The number of hydrogen-bond acceptors (Lipinski definition) is 5. The number of aromatic nitrogens is 2. The van der Waals surface area contributed by atoms with Crippen molar-refractivity contribution in [2.24, 2.45) is 5.92 Å². The highest BCUT2D eigenvalue weighted by molar-refractivity contribution is 6.35. The number of hydrogen-bond donors (Lipinski definition) is 0. The number of carbonyl (C=O) groups excluding carboxylic acids is 1. The molecule has 1 aromatic rings. The smallest absolute Gasteiger partial charge is 0.228 e. The minimum atomic E-state index is 0.0571. The zero-order valence-electron chi connectivity index (χ0n) is 12.1. The highest BCUT2D eigenvalue weighted by atomic mass is 35.5. The number of rotatable bonds is 2. The van der Waals surface area contributed by atoms with Crippen molar-refractivity contribution in [3.8, 4) is 6.07 Å². The Morgan fingerprint density at radius 1 is 1.27 bits per heavy atom. The summed E-state index contributed by atoms with van der Waals surface area (Å²) in [5, 5.41) is 9.05. The first-order valence-corrected chi connectivity index (χ1v) is 7.95. The summed E-state index contributed by atoms with van der Waals surface area (Å²) >= 11 is 11.9. The number of nitrogens with zero attached hydrogens (tertiary/aromatic N) is 5. The van der Waals surface area contributed by atoms with Crippen LogP contribution in [0.1, 0.15) is 25.3 Å². The Hall–Kier alpha value is -1.58. The number of nitriles is 1. The Bertz CT molecular complexity index is 632. The minimum Gasteiger partial charge on any atom is -0.337 e. The maximum Gasteiger partial charge on any atom is 0.228 e. The first kappa shape index (κ1) is 15.3.